The van der Waals surface area contributed by atoms with Gasteiger partial charge in [-0.05, 0) is 6.07 Å². The summed E-state index contributed by atoms with van der Waals surface area (Å²) in [7, 11) is -10.5. The molecule has 18 heavy (non-hydrogen) atoms. The van der Waals surface area contributed by atoms with E-state index in [-0.39, 0.29) is 0 Å². The van der Waals surface area contributed by atoms with E-state index in [0.717, 1.165) is 12.1 Å². The maximum absolute atomic E-state index is 11.0. The average molecular weight is 296 g/mol. The van der Waals surface area contributed by atoms with E-state index in [0.29, 0.717) is 0 Å². The van der Waals surface area contributed by atoms with Crippen molar-refractivity contribution in [2.24, 2.45) is 0 Å². The van der Waals surface area contributed by atoms with Crippen LogP contribution in [0, 0.1) is 0 Å². The Kier molecular flexibility index (Phi) is 3.76. The smallest absolute Gasteiger partial charge is 0.336 e. The number of hydrogen-bond acceptors (Lipinski definition) is 5. The van der Waals surface area contributed by atoms with Gasteiger partial charge >= 0.3 is 5.97 Å². The molecule has 1 rings (SSSR count). The Hall–Kier alpha value is -1.49. The molecule has 1 aromatic rings. The molecule has 0 spiro atoms. The third-order valence-corrected chi connectivity index (χ3v) is 5.04. The van der Waals surface area contributed by atoms with Crippen LogP contribution in [-0.4, -0.2) is 37.0 Å². The molecule has 0 unspecified atom stereocenters. The van der Waals surface area contributed by atoms with Crippen LogP contribution in [0.3, 0.4) is 0 Å². The Labute approximate surface area is 102 Å². The van der Waals surface area contributed by atoms with Gasteiger partial charge in [0, 0.05) is 5.56 Å². The van der Waals surface area contributed by atoms with E-state index in [1.54, 1.807) is 0 Å². The summed E-state index contributed by atoms with van der Waals surface area (Å²) in [6.45, 7) is 0. The van der Waals surface area contributed by atoms with Crippen molar-refractivity contribution >= 4 is 26.2 Å². The van der Waals surface area contributed by atoms with Crippen LogP contribution in [-0.2, 0) is 20.2 Å². The van der Waals surface area contributed by atoms with E-state index in [4.69, 9.17) is 14.2 Å². The van der Waals surface area contributed by atoms with Crippen LogP contribution < -0.4 is 0 Å². The van der Waals surface area contributed by atoms with Gasteiger partial charge in [0.25, 0.3) is 20.2 Å². The molecule has 3 N–H and O–H groups in total. The molecule has 0 atom stereocenters. The number of aromatic carboxylic acids is 1. The summed E-state index contributed by atoms with van der Waals surface area (Å²) in [5, 5.41) is 8.79. The maximum atomic E-state index is 11.0. The molecule has 0 bridgehead atoms. The standard InChI is InChI=1S/C8H8O8S2/c9-7(10)5-3-1-2-4-6(5)8(17(11,12)13)18(14,15)16/h1-4,8H,(H,9,10)(H,11,12,13)(H,14,15,16). The third kappa shape index (κ3) is 3.04. The molecule has 0 saturated heterocycles. The first-order valence-corrected chi connectivity index (χ1v) is 7.30. The molecule has 100 valence electrons. The highest BCUT2D eigenvalue weighted by molar-refractivity contribution is 8.03. The highest BCUT2D eigenvalue weighted by Gasteiger charge is 2.39. The fraction of sp³-hybridized carbons (Fsp3) is 0.125. The van der Waals surface area contributed by atoms with Gasteiger partial charge in [0.2, 0.25) is 4.58 Å². The van der Waals surface area contributed by atoms with Gasteiger partial charge in [-0.3, -0.25) is 9.11 Å². The van der Waals surface area contributed by atoms with Gasteiger partial charge in [0.15, 0.2) is 0 Å². The number of benzene rings is 1. The first-order chi connectivity index (χ1) is 8.05. The van der Waals surface area contributed by atoms with Gasteiger partial charge in [-0.2, -0.15) is 16.8 Å². The fourth-order valence-corrected chi connectivity index (χ4v) is 3.65. The SMILES string of the molecule is O=C(O)c1ccccc1C(S(=O)(=O)O)S(=O)(=O)O. The Morgan fingerprint density at radius 1 is 1.00 bits per heavy atom. The second-order valence-electron chi connectivity index (χ2n) is 3.25. The van der Waals surface area contributed by atoms with Crippen molar-refractivity contribution in [3.8, 4) is 0 Å². The Balaban J connectivity index is 3.66. The van der Waals surface area contributed by atoms with Gasteiger partial charge in [-0.25, -0.2) is 4.79 Å². The second-order valence-corrected chi connectivity index (χ2v) is 6.56. The summed E-state index contributed by atoms with van der Waals surface area (Å²) in [5.41, 5.74) is -1.40. The normalized spacial score (nSPS) is 12.6. The molecule has 0 aliphatic heterocycles. The molecule has 10 heteroatoms. The summed E-state index contributed by atoms with van der Waals surface area (Å²) in [5.74, 6) is -1.59. The molecular formula is C8H8O8S2. The number of hydrogen-bond donors (Lipinski definition) is 3. The minimum Gasteiger partial charge on any atom is -0.478 e. The van der Waals surface area contributed by atoms with Gasteiger partial charge in [0.05, 0.1) is 5.56 Å². The fourth-order valence-electron chi connectivity index (χ4n) is 1.37. The summed E-state index contributed by atoms with van der Waals surface area (Å²) in [4.78, 5) is 10.8. The van der Waals surface area contributed by atoms with E-state index in [2.05, 4.69) is 0 Å². The van der Waals surface area contributed by atoms with Crippen molar-refractivity contribution in [3.05, 3.63) is 35.4 Å². The lowest BCUT2D eigenvalue weighted by atomic mass is 10.1. The Morgan fingerprint density at radius 3 is 1.83 bits per heavy atom. The van der Waals surface area contributed by atoms with Crippen LogP contribution in [0.5, 0.6) is 0 Å². The van der Waals surface area contributed by atoms with Crippen LogP contribution in [0.4, 0.5) is 0 Å². The maximum Gasteiger partial charge on any atom is 0.336 e. The predicted molar refractivity (Wildman–Crippen MR) is 59.2 cm³/mol. The lowest BCUT2D eigenvalue weighted by Crippen LogP contribution is -2.23. The van der Waals surface area contributed by atoms with Crippen molar-refractivity contribution in [3.63, 3.8) is 0 Å². The summed E-state index contributed by atoms with van der Waals surface area (Å²) < 4.78 is 58.8. The van der Waals surface area contributed by atoms with Gasteiger partial charge in [0.1, 0.15) is 0 Å². The van der Waals surface area contributed by atoms with E-state index < -0.39 is 41.9 Å². The van der Waals surface area contributed by atoms with Crippen LogP contribution in [0.1, 0.15) is 20.5 Å². The molecule has 0 saturated carbocycles. The zero-order chi connectivity index (χ0) is 14.1. The zero-order valence-electron chi connectivity index (χ0n) is 8.59. The first kappa shape index (κ1) is 14.6. The molecular weight excluding hydrogens is 288 g/mol. The molecule has 1 aromatic carbocycles. The van der Waals surface area contributed by atoms with Crippen molar-refractivity contribution in [1.82, 2.24) is 0 Å². The third-order valence-electron chi connectivity index (χ3n) is 1.99. The minimum atomic E-state index is -5.23. The average Bonchev–Trinajstić information content (AvgIpc) is 2.13. The van der Waals surface area contributed by atoms with Gasteiger partial charge < -0.3 is 5.11 Å². The summed E-state index contributed by atoms with van der Waals surface area (Å²) in [6.07, 6.45) is 0. The van der Waals surface area contributed by atoms with E-state index in [1.165, 1.54) is 12.1 Å². The first-order valence-electron chi connectivity index (χ1n) is 4.30. The van der Waals surface area contributed by atoms with E-state index >= 15 is 0 Å². The molecule has 0 fully saturated rings. The minimum absolute atomic E-state index is 0.655. The zero-order valence-corrected chi connectivity index (χ0v) is 10.2. The number of carbonyl (C=O) groups is 1. The molecule has 0 heterocycles. The van der Waals surface area contributed by atoms with Gasteiger partial charge in [-0.1, -0.05) is 18.2 Å². The Morgan fingerprint density at radius 2 is 1.44 bits per heavy atom. The van der Waals surface area contributed by atoms with Crippen LogP contribution >= 0.6 is 0 Å². The van der Waals surface area contributed by atoms with Crippen molar-refractivity contribution in [2.45, 2.75) is 4.58 Å². The van der Waals surface area contributed by atoms with Crippen LogP contribution in [0.15, 0.2) is 24.3 Å². The molecule has 8 nitrogen and oxygen atoms in total. The van der Waals surface area contributed by atoms with E-state index in [9.17, 15) is 21.6 Å². The second kappa shape index (κ2) is 4.65. The molecule has 0 aliphatic rings. The Bertz CT molecular complexity index is 641. The monoisotopic (exact) mass is 296 g/mol. The quantitative estimate of drug-likeness (QED) is 0.666. The number of rotatable bonds is 4. The largest absolute Gasteiger partial charge is 0.478 e. The van der Waals surface area contributed by atoms with Crippen LogP contribution in [0.25, 0.3) is 0 Å². The summed E-state index contributed by atoms with van der Waals surface area (Å²) >= 11 is 0. The molecule has 0 amide bonds. The molecule has 0 radical (unpaired) electrons. The lowest BCUT2D eigenvalue weighted by molar-refractivity contribution is 0.0696. The van der Waals surface area contributed by atoms with Crippen LogP contribution in [0.2, 0.25) is 0 Å². The number of carboxylic acids is 1. The topological polar surface area (TPSA) is 146 Å². The molecule has 0 aromatic heterocycles. The van der Waals surface area contributed by atoms with Crippen molar-refractivity contribution < 1.29 is 35.8 Å². The summed E-state index contributed by atoms with van der Waals surface area (Å²) in [6, 6.07) is 4.22. The van der Waals surface area contributed by atoms with Gasteiger partial charge in [-0.15, -0.1) is 0 Å². The molecule has 0 aliphatic carbocycles. The van der Waals surface area contributed by atoms with Crippen molar-refractivity contribution in [1.29, 1.82) is 0 Å². The van der Waals surface area contributed by atoms with Crippen molar-refractivity contribution in [2.75, 3.05) is 0 Å². The predicted octanol–water partition coefficient (Wildman–Crippen LogP) is 0.159. The number of carboxylic acid groups (broad SMARTS) is 1. The lowest BCUT2D eigenvalue weighted by Gasteiger charge is -2.13. The highest BCUT2D eigenvalue weighted by Crippen LogP contribution is 2.29. The van der Waals surface area contributed by atoms with E-state index in [1.807, 2.05) is 0 Å². The highest BCUT2D eigenvalue weighted by atomic mass is 32.3.